The minimum atomic E-state index is -4.54. The van der Waals surface area contributed by atoms with E-state index in [4.69, 9.17) is 4.74 Å². The van der Waals surface area contributed by atoms with Crippen molar-refractivity contribution in [2.24, 2.45) is 5.92 Å². The Hall–Kier alpha value is -3.43. The van der Waals surface area contributed by atoms with Crippen molar-refractivity contribution in [3.05, 3.63) is 64.5 Å². The number of aromatic nitrogens is 3. The van der Waals surface area contributed by atoms with Crippen LogP contribution in [0, 0.1) is 5.92 Å². The maximum Gasteiger partial charge on any atom is 0.433 e. The quantitative estimate of drug-likeness (QED) is 0.614. The standard InChI is InChI=1S/C22H21F3N4O3/c1-32-16-3-4-17-18(10-16)27-13-29(21(17)31)12-14-6-8-28(9-7-14)20(30)15-2-5-19(26-11-15)22(23,24)25/h2-5,10-11,13-14H,6-9,12H2,1H3. The summed E-state index contributed by atoms with van der Waals surface area (Å²) in [5.41, 5.74) is -0.467. The van der Waals surface area contributed by atoms with Crippen LogP contribution in [0.25, 0.3) is 10.9 Å². The van der Waals surface area contributed by atoms with Crippen LogP contribution in [-0.4, -0.2) is 45.5 Å². The molecule has 3 aromatic rings. The van der Waals surface area contributed by atoms with E-state index in [1.807, 2.05) is 0 Å². The maximum absolute atomic E-state index is 12.8. The van der Waals surface area contributed by atoms with E-state index in [2.05, 4.69) is 9.97 Å². The van der Waals surface area contributed by atoms with E-state index in [9.17, 15) is 22.8 Å². The van der Waals surface area contributed by atoms with Gasteiger partial charge in [-0.3, -0.25) is 19.1 Å². The molecule has 4 rings (SSSR count). The average molecular weight is 446 g/mol. The smallest absolute Gasteiger partial charge is 0.433 e. The van der Waals surface area contributed by atoms with E-state index >= 15 is 0 Å². The molecule has 1 aliphatic heterocycles. The van der Waals surface area contributed by atoms with Crippen molar-refractivity contribution in [1.82, 2.24) is 19.4 Å². The molecular formula is C22H21F3N4O3. The molecule has 0 atom stereocenters. The zero-order valence-corrected chi connectivity index (χ0v) is 17.3. The highest BCUT2D eigenvalue weighted by Gasteiger charge is 2.32. The van der Waals surface area contributed by atoms with Crippen molar-refractivity contribution in [3.8, 4) is 5.75 Å². The number of likely N-dealkylation sites (tertiary alicyclic amines) is 1. The van der Waals surface area contributed by atoms with Gasteiger partial charge in [0.15, 0.2) is 0 Å². The highest BCUT2D eigenvalue weighted by Crippen LogP contribution is 2.27. The lowest BCUT2D eigenvalue weighted by atomic mass is 9.96. The molecule has 32 heavy (non-hydrogen) atoms. The van der Waals surface area contributed by atoms with Gasteiger partial charge in [-0.2, -0.15) is 13.2 Å². The number of carbonyl (C=O) groups excluding carboxylic acids is 1. The number of amides is 1. The molecule has 1 amide bonds. The van der Waals surface area contributed by atoms with Crippen molar-refractivity contribution in [2.45, 2.75) is 25.6 Å². The van der Waals surface area contributed by atoms with Gasteiger partial charge in [-0.15, -0.1) is 0 Å². The van der Waals surface area contributed by atoms with Crippen molar-refractivity contribution < 1.29 is 22.7 Å². The van der Waals surface area contributed by atoms with Gasteiger partial charge in [0.2, 0.25) is 0 Å². The zero-order valence-electron chi connectivity index (χ0n) is 17.3. The Balaban J connectivity index is 1.39. The molecule has 1 aromatic carbocycles. The average Bonchev–Trinajstić information content (AvgIpc) is 2.80. The van der Waals surface area contributed by atoms with Gasteiger partial charge in [-0.1, -0.05) is 0 Å². The van der Waals surface area contributed by atoms with Crippen LogP contribution in [0.2, 0.25) is 0 Å². The molecule has 0 unspecified atom stereocenters. The summed E-state index contributed by atoms with van der Waals surface area (Å²) in [5, 5.41) is 0.510. The number of alkyl halides is 3. The van der Waals surface area contributed by atoms with Crippen LogP contribution in [0.4, 0.5) is 13.2 Å². The van der Waals surface area contributed by atoms with E-state index < -0.39 is 11.9 Å². The maximum atomic E-state index is 12.8. The third kappa shape index (κ3) is 4.44. The van der Waals surface area contributed by atoms with Gasteiger partial charge >= 0.3 is 6.18 Å². The second-order valence-electron chi connectivity index (χ2n) is 7.75. The first-order chi connectivity index (χ1) is 15.3. The number of methoxy groups -OCH3 is 1. The Bertz CT molecular complexity index is 1180. The predicted molar refractivity (Wildman–Crippen MR) is 110 cm³/mol. The number of piperidine rings is 1. The number of fused-ring (bicyclic) bond motifs is 1. The lowest BCUT2D eigenvalue weighted by molar-refractivity contribution is -0.141. The predicted octanol–water partition coefficient (Wildman–Crippen LogP) is 3.37. The van der Waals surface area contributed by atoms with Crippen LogP contribution in [0.15, 0.2) is 47.7 Å². The normalized spacial score (nSPS) is 15.2. The molecule has 0 bridgehead atoms. The summed E-state index contributed by atoms with van der Waals surface area (Å²) in [6.45, 7) is 1.40. The van der Waals surface area contributed by atoms with E-state index in [0.29, 0.717) is 49.1 Å². The number of hydrogen-bond donors (Lipinski definition) is 0. The number of hydrogen-bond acceptors (Lipinski definition) is 5. The van der Waals surface area contributed by atoms with Gasteiger partial charge in [0.05, 0.1) is 29.9 Å². The first-order valence-electron chi connectivity index (χ1n) is 10.1. The molecule has 7 nitrogen and oxygen atoms in total. The van der Waals surface area contributed by atoms with Crippen molar-refractivity contribution in [2.75, 3.05) is 20.2 Å². The summed E-state index contributed by atoms with van der Waals surface area (Å²) in [4.78, 5) is 34.7. The Labute approximate surface area is 181 Å². The topological polar surface area (TPSA) is 77.3 Å². The van der Waals surface area contributed by atoms with E-state index in [0.717, 1.165) is 18.3 Å². The molecule has 0 N–H and O–H groups in total. The number of benzene rings is 1. The molecule has 1 saturated heterocycles. The highest BCUT2D eigenvalue weighted by molar-refractivity contribution is 5.94. The fourth-order valence-electron chi connectivity index (χ4n) is 3.86. The van der Waals surface area contributed by atoms with Crippen molar-refractivity contribution in [3.63, 3.8) is 0 Å². The minimum Gasteiger partial charge on any atom is -0.497 e. The Morgan fingerprint density at radius 1 is 1.16 bits per heavy atom. The molecule has 168 valence electrons. The molecule has 3 heterocycles. The summed E-state index contributed by atoms with van der Waals surface area (Å²) in [6.07, 6.45) is -0.705. The lowest BCUT2D eigenvalue weighted by Gasteiger charge is -2.32. The molecule has 1 fully saturated rings. The van der Waals surface area contributed by atoms with Crippen LogP contribution in [0.5, 0.6) is 5.75 Å². The fourth-order valence-corrected chi connectivity index (χ4v) is 3.86. The SMILES string of the molecule is COc1ccc2c(=O)n(CC3CCN(C(=O)c4ccc(C(F)(F)F)nc4)CC3)cnc2c1. The molecule has 0 saturated carbocycles. The highest BCUT2D eigenvalue weighted by atomic mass is 19.4. The number of rotatable bonds is 4. The monoisotopic (exact) mass is 446 g/mol. The van der Waals surface area contributed by atoms with Crippen LogP contribution >= 0.6 is 0 Å². The van der Waals surface area contributed by atoms with E-state index in [-0.39, 0.29) is 22.9 Å². The second kappa shape index (κ2) is 8.60. The molecule has 10 heteroatoms. The first-order valence-corrected chi connectivity index (χ1v) is 10.1. The molecular weight excluding hydrogens is 425 g/mol. The van der Waals surface area contributed by atoms with Crippen molar-refractivity contribution in [1.29, 1.82) is 0 Å². The Morgan fingerprint density at radius 2 is 1.91 bits per heavy atom. The number of nitrogens with zero attached hydrogens (tertiary/aromatic N) is 4. The van der Waals surface area contributed by atoms with E-state index in [1.54, 1.807) is 34.8 Å². The van der Waals surface area contributed by atoms with Gasteiger partial charge < -0.3 is 9.64 Å². The van der Waals surface area contributed by atoms with Crippen LogP contribution in [-0.2, 0) is 12.7 Å². The Morgan fingerprint density at radius 3 is 2.53 bits per heavy atom. The Kier molecular flexibility index (Phi) is 5.86. The number of pyridine rings is 1. The number of carbonyl (C=O) groups is 1. The fraction of sp³-hybridized carbons (Fsp3) is 0.364. The molecule has 0 spiro atoms. The van der Waals surface area contributed by atoms with Crippen LogP contribution in [0.3, 0.4) is 0 Å². The van der Waals surface area contributed by atoms with E-state index in [1.165, 1.54) is 6.33 Å². The summed E-state index contributed by atoms with van der Waals surface area (Å²) in [6, 6.07) is 7.09. The number of ether oxygens (including phenoxy) is 1. The lowest BCUT2D eigenvalue weighted by Crippen LogP contribution is -2.40. The van der Waals surface area contributed by atoms with Gasteiger partial charge in [0.1, 0.15) is 11.4 Å². The van der Waals surface area contributed by atoms with Gasteiger partial charge in [-0.05, 0) is 43.0 Å². The van der Waals surface area contributed by atoms with Gasteiger partial charge in [0, 0.05) is 31.9 Å². The summed E-state index contributed by atoms with van der Waals surface area (Å²) in [7, 11) is 1.55. The van der Waals surface area contributed by atoms with Crippen LogP contribution in [0.1, 0.15) is 28.9 Å². The second-order valence-corrected chi connectivity index (χ2v) is 7.75. The minimum absolute atomic E-state index is 0.127. The molecule has 2 aromatic heterocycles. The summed E-state index contributed by atoms with van der Waals surface area (Å²) >= 11 is 0. The summed E-state index contributed by atoms with van der Waals surface area (Å²) < 4.78 is 44.7. The molecule has 0 radical (unpaired) electrons. The number of halogens is 3. The largest absolute Gasteiger partial charge is 0.497 e. The third-order valence-corrected chi connectivity index (χ3v) is 5.69. The third-order valence-electron chi connectivity index (χ3n) is 5.69. The van der Waals surface area contributed by atoms with Gasteiger partial charge in [-0.25, -0.2) is 4.98 Å². The van der Waals surface area contributed by atoms with Crippen molar-refractivity contribution >= 4 is 16.8 Å². The first kappa shape index (κ1) is 21.8. The summed E-state index contributed by atoms with van der Waals surface area (Å²) in [5.74, 6) is 0.463. The zero-order chi connectivity index (χ0) is 22.9. The molecule has 1 aliphatic rings. The van der Waals surface area contributed by atoms with Gasteiger partial charge in [0.25, 0.3) is 11.5 Å². The molecule has 0 aliphatic carbocycles. The van der Waals surface area contributed by atoms with Crippen LogP contribution < -0.4 is 10.3 Å².